The Morgan fingerprint density at radius 1 is 0.569 bits per heavy atom. The van der Waals surface area contributed by atoms with Crippen LogP contribution in [0.4, 0.5) is 22.7 Å². The van der Waals surface area contributed by atoms with Crippen LogP contribution in [0.3, 0.4) is 0 Å². The van der Waals surface area contributed by atoms with Gasteiger partial charge in [-0.15, -0.1) is 59.4 Å². The van der Waals surface area contributed by atoms with Crippen molar-refractivity contribution in [2.75, 3.05) is 9.80 Å². The van der Waals surface area contributed by atoms with Crippen LogP contribution in [0.15, 0.2) is 169 Å². The Balaban J connectivity index is 0.00000498. The molecule has 1 aliphatic heterocycles. The molecule has 0 saturated carbocycles. The van der Waals surface area contributed by atoms with Gasteiger partial charge in [0.15, 0.2) is 0 Å². The van der Waals surface area contributed by atoms with E-state index in [0.29, 0.717) is 11.5 Å². The number of thiophene rings is 1. The Labute approximate surface area is 399 Å². The Morgan fingerprint density at radius 2 is 1.20 bits per heavy atom. The Morgan fingerprint density at radius 3 is 1.88 bits per heavy atom. The summed E-state index contributed by atoms with van der Waals surface area (Å²) in [6, 6.07) is 65.4. The molecule has 11 rings (SSSR count). The first-order chi connectivity index (χ1) is 31.0. The first-order valence-corrected chi connectivity index (χ1v) is 22.7. The van der Waals surface area contributed by atoms with Crippen LogP contribution in [0, 0.1) is 18.8 Å². The summed E-state index contributed by atoms with van der Waals surface area (Å²) in [7, 11) is 0. The molecule has 0 saturated heterocycles. The number of hydrogen-bond acceptors (Lipinski definition) is 5. The number of anilines is 4. The van der Waals surface area contributed by atoms with E-state index in [1.165, 1.54) is 27.6 Å². The molecule has 3 aromatic heterocycles. The van der Waals surface area contributed by atoms with E-state index in [1.54, 1.807) is 11.3 Å². The normalized spacial score (nSPS) is 12.8. The van der Waals surface area contributed by atoms with Crippen LogP contribution in [0.2, 0.25) is 0 Å². The van der Waals surface area contributed by atoms with E-state index in [2.05, 4.69) is 226 Å². The summed E-state index contributed by atoms with van der Waals surface area (Å²) in [4.78, 5) is 10.8. The van der Waals surface area contributed by atoms with Crippen molar-refractivity contribution in [1.82, 2.24) is 9.55 Å². The number of pyridine rings is 1. The van der Waals surface area contributed by atoms with Gasteiger partial charge in [0.05, 0.1) is 0 Å². The Hall–Kier alpha value is -6.46. The van der Waals surface area contributed by atoms with Crippen molar-refractivity contribution in [3.8, 4) is 39.6 Å². The number of fused-ring (bicyclic) bond motifs is 5. The minimum atomic E-state index is -0.0662. The predicted octanol–water partition coefficient (Wildman–Crippen LogP) is 16.1. The first-order valence-electron chi connectivity index (χ1n) is 21.9. The first kappa shape index (κ1) is 42.5. The van der Waals surface area contributed by atoms with Gasteiger partial charge in [-0.25, -0.2) is 4.98 Å². The number of para-hydroxylation sites is 3. The average Bonchev–Trinajstić information content (AvgIpc) is 4.03. The maximum atomic E-state index is 6.71. The molecule has 7 aromatic carbocycles. The van der Waals surface area contributed by atoms with E-state index in [0.717, 1.165) is 66.3 Å². The van der Waals surface area contributed by atoms with Crippen LogP contribution in [0.1, 0.15) is 52.7 Å². The van der Waals surface area contributed by atoms with Gasteiger partial charge in [-0.1, -0.05) is 138 Å². The maximum absolute atomic E-state index is 6.71. The fraction of sp³-hybridized carbons (Fsp3) is 0.138. The van der Waals surface area contributed by atoms with E-state index in [-0.39, 0.29) is 31.9 Å². The molecular formula is C58H47N4OPtS-3. The summed E-state index contributed by atoms with van der Waals surface area (Å²) in [5.41, 5.74) is 13.2. The van der Waals surface area contributed by atoms with Crippen LogP contribution in [0.25, 0.3) is 60.1 Å². The molecule has 65 heavy (non-hydrogen) atoms. The molecule has 1 aliphatic rings. The van der Waals surface area contributed by atoms with Crippen LogP contribution in [-0.4, -0.2) is 9.55 Å². The quantitative estimate of drug-likeness (QED) is 0.149. The van der Waals surface area contributed by atoms with Gasteiger partial charge in [-0.05, 0) is 86.3 Å². The second kappa shape index (κ2) is 16.5. The topological polar surface area (TPSA) is 33.5 Å². The number of benzene rings is 7. The van der Waals surface area contributed by atoms with Gasteiger partial charge in [0, 0.05) is 71.7 Å². The summed E-state index contributed by atoms with van der Waals surface area (Å²) in [6.45, 7) is 15.9. The van der Waals surface area contributed by atoms with Crippen molar-refractivity contribution in [2.45, 2.75) is 52.4 Å². The molecule has 0 spiro atoms. The summed E-state index contributed by atoms with van der Waals surface area (Å²) < 4.78 is 8.95. The molecule has 0 amide bonds. The van der Waals surface area contributed by atoms with E-state index in [4.69, 9.17) is 9.72 Å². The molecular weight excluding hydrogens is 996 g/mol. The minimum absolute atomic E-state index is 0. The number of rotatable bonds is 7. The predicted molar refractivity (Wildman–Crippen MR) is 268 cm³/mol. The molecule has 0 unspecified atom stereocenters. The summed E-state index contributed by atoms with van der Waals surface area (Å²) in [6.07, 6.45) is 0. The standard InChI is InChI=1S/C58H47N4OS.Pt/c1-57(2,3)40-32-47(38-18-9-7-10-19-38)55(48(33-40)39-20-11-8-12-21-39)61-37-60(51-26-15-16-27-52(51)61)41-22-17-23-42(34-41)63-43-28-29-45-44-24-13-14-25-50(44)62(53(45)35-43)54-36-49(58(4,5)6)46-30-31-64-56(46)59-54;/h7-33,36-37H,1-6H3;/q-3;. The van der Waals surface area contributed by atoms with Crippen molar-refractivity contribution < 1.29 is 25.8 Å². The monoisotopic (exact) mass is 1040 g/mol. The zero-order chi connectivity index (χ0) is 43.7. The smallest absolute Gasteiger partial charge is 0.137 e. The van der Waals surface area contributed by atoms with E-state index >= 15 is 0 Å². The van der Waals surface area contributed by atoms with Crippen molar-refractivity contribution in [3.63, 3.8) is 0 Å². The number of ether oxygens (including phenoxy) is 1. The van der Waals surface area contributed by atoms with Gasteiger partial charge in [0.2, 0.25) is 0 Å². The molecule has 4 heterocycles. The molecule has 0 radical (unpaired) electrons. The molecule has 5 nitrogen and oxygen atoms in total. The van der Waals surface area contributed by atoms with E-state index in [9.17, 15) is 0 Å². The molecule has 10 aromatic rings. The van der Waals surface area contributed by atoms with Crippen molar-refractivity contribution in [1.29, 1.82) is 0 Å². The Kier molecular flexibility index (Phi) is 10.8. The van der Waals surface area contributed by atoms with Gasteiger partial charge in [0.1, 0.15) is 10.6 Å². The number of aromatic nitrogens is 2. The third-order valence-corrected chi connectivity index (χ3v) is 13.1. The van der Waals surface area contributed by atoms with Crippen LogP contribution >= 0.6 is 11.3 Å². The van der Waals surface area contributed by atoms with Gasteiger partial charge >= 0.3 is 0 Å². The third kappa shape index (κ3) is 7.63. The SMILES string of the molecule is CC(C)(C)c1cc(-c2ccccc2)c(N2[CH-]N(c3[c-]c(Oc4[c-]c5c(cc4)c4ccccc4n5-c4cc(C(C)(C)C)c5ccsc5n4)ccc3)c3ccccc32)c(-c2ccccc2)c1.[Pt]. The van der Waals surface area contributed by atoms with Crippen LogP contribution in [0.5, 0.6) is 11.5 Å². The number of nitrogens with zero attached hydrogens (tertiary/aromatic N) is 4. The van der Waals surface area contributed by atoms with Gasteiger partial charge in [-0.3, -0.25) is 0 Å². The largest absolute Gasteiger partial charge is 0.509 e. The summed E-state index contributed by atoms with van der Waals surface area (Å²) in [5.74, 6) is 2.07. The zero-order valence-electron chi connectivity index (χ0n) is 37.2. The second-order valence-corrected chi connectivity index (χ2v) is 19.5. The molecule has 7 heteroatoms. The van der Waals surface area contributed by atoms with Crippen LogP contribution < -0.4 is 14.5 Å². The van der Waals surface area contributed by atoms with Crippen molar-refractivity contribution in [3.05, 3.63) is 199 Å². The summed E-state index contributed by atoms with van der Waals surface area (Å²) in [5, 5.41) is 5.58. The minimum Gasteiger partial charge on any atom is -0.509 e. The fourth-order valence-electron chi connectivity index (χ4n) is 9.08. The number of hydrogen-bond donors (Lipinski definition) is 0. The zero-order valence-corrected chi connectivity index (χ0v) is 40.3. The van der Waals surface area contributed by atoms with E-state index < -0.39 is 0 Å². The van der Waals surface area contributed by atoms with Crippen molar-refractivity contribution in [2.24, 2.45) is 0 Å². The maximum Gasteiger partial charge on any atom is 0.137 e. The van der Waals surface area contributed by atoms with Crippen LogP contribution in [-0.2, 0) is 31.9 Å². The van der Waals surface area contributed by atoms with Gasteiger partial charge < -0.3 is 19.1 Å². The Bertz CT molecular complexity index is 3320. The molecule has 0 fully saturated rings. The fourth-order valence-corrected chi connectivity index (χ4v) is 9.87. The van der Waals surface area contributed by atoms with Crippen molar-refractivity contribution >= 4 is 66.1 Å². The molecule has 324 valence electrons. The van der Waals surface area contributed by atoms with Gasteiger partial charge in [0.25, 0.3) is 0 Å². The average molecular weight is 1040 g/mol. The molecule has 0 bridgehead atoms. The third-order valence-electron chi connectivity index (χ3n) is 12.3. The molecule has 0 atom stereocenters. The molecule has 0 N–H and O–H groups in total. The summed E-state index contributed by atoms with van der Waals surface area (Å²) >= 11 is 1.68. The van der Waals surface area contributed by atoms with Gasteiger partial charge in [-0.2, -0.15) is 12.1 Å². The second-order valence-electron chi connectivity index (χ2n) is 18.6. The molecule has 0 aliphatic carbocycles. The van der Waals surface area contributed by atoms with E-state index in [1.807, 2.05) is 18.2 Å².